The Bertz CT molecular complexity index is 542. The van der Waals surface area contributed by atoms with Crippen LogP contribution in [0.15, 0.2) is 18.2 Å². The molecule has 0 radical (unpaired) electrons. The molecule has 2 unspecified atom stereocenters. The second-order valence-corrected chi connectivity index (χ2v) is 6.75. The number of nitrogens with zero attached hydrogens (tertiary/aromatic N) is 1. The van der Waals surface area contributed by atoms with Gasteiger partial charge < -0.3 is 9.84 Å². The molecule has 1 aromatic rings. The molecule has 1 aromatic carbocycles. The molecule has 0 saturated carbocycles. The molecule has 3 nitrogen and oxygen atoms in total. The molecule has 4 rings (SSSR count). The maximum absolute atomic E-state index is 13.4. The molecular weight excluding hydrogens is 269 g/mol. The van der Waals surface area contributed by atoms with Gasteiger partial charge in [0, 0.05) is 19.7 Å². The summed E-state index contributed by atoms with van der Waals surface area (Å²) < 4.78 is 19.4. The summed E-state index contributed by atoms with van der Waals surface area (Å²) in [6, 6.07) is 5.00. The first-order valence-electron chi connectivity index (χ1n) is 8.01. The molecule has 0 amide bonds. The third-order valence-electron chi connectivity index (χ3n) is 5.42. The third-order valence-corrected chi connectivity index (χ3v) is 5.42. The highest BCUT2D eigenvalue weighted by Crippen LogP contribution is 2.42. The highest BCUT2D eigenvalue weighted by molar-refractivity contribution is 5.34. The summed E-state index contributed by atoms with van der Waals surface area (Å²) in [5.74, 6) is -0.180. The molecule has 114 valence electrons. The predicted octanol–water partition coefficient (Wildman–Crippen LogP) is 2.43. The Morgan fingerprint density at radius 1 is 1.33 bits per heavy atom. The molecule has 0 aromatic heterocycles. The molecular formula is C17H22FNO2. The Labute approximate surface area is 124 Å². The fourth-order valence-electron chi connectivity index (χ4n) is 4.38. The molecule has 0 bridgehead atoms. The second-order valence-electron chi connectivity index (χ2n) is 6.75. The van der Waals surface area contributed by atoms with Gasteiger partial charge in [-0.25, -0.2) is 4.39 Å². The molecule has 2 heterocycles. The number of hydrogen-bond acceptors (Lipinski definition) is 3. The van der Waals surface area contributed by atoms with Gasteiger partial charge in [0.05, 0.1) is 17.7 Å². The molecule has 2 aliphatic heterocycles. The van der Waals surface area contributed by atoms with Gasteiger partial charge >= 0.3 is 0 Å². The number of benzene rings is 1. The number of rotatable bonds is 1. The molecule has 21 heavy (non-hydrogen) atoms. The highest BCUT2D eigenvalue weighted by Gasteiger charge is 2.46. The zero-order chi connectivity index (χ0) is 14.4. The number of aliphatic hydroxyl groups is 1. The van der Waals surface area contributed by atoms with Gasteiger partial charge in [0.2, 0.25) is 0 Å². The van der Waals surface area contributed by atoms with Crippen LogP contribution in [0.2, 0.25) is 0 Å². The smallest absolute Gasteiger partial charge is 0.123 e. The number of fused-ring (bicyclic) bond motifs is 1. The van der Waals surface area contributed by atoms with Gasteiger partial charge in [-0.3, -0.25) is 4.90 Å². The summed E-state index contributed by atoms with van der Waals surface area (Å²) >= 11 is 0. The van der Waals surface area contributed by atoms with E-state index in [2.05, 4.69) is 4.90 Å². The van der Waals surface area contributed by atoms with Crippen LogP contribution in [0.25, 0.3) is 0 Å². The average molecular weight is 291 g/mol. The fraction of sp³-hybridized carbons (Fsp3) is 0.647. The lowest BCUT2D eigenvalue weighted by atomic mass is 9.84. The minimum Gasteiger partial charge on any atom is -0.391 e. The summed E-state index contributed by atoms with van der Waals surface area (Å²) in [5, 5.41) is 10.5. The van der Waals surface area contributed by atoms with Crippen molar-refractivity contribution in [3.8, 4) is 0 Å². The number of ether oxygens (including phenoxy) is 1. The lowest BCUT2D eigenvalue weighted by Gasteiger charge is -2.37. The van der Waals surface area contributed by atoms with Crippen LogP contribution in [0.5, 0.6) is 0 Å². The zero-order valence-electron chi connectivity index (χ0n) is 12.2. The van der Waals surface area contributed by atoms with Crippen molar-refractivity contribution in [2.75, 3.05) is 19.7 Å². The van der Waals surface area contributed by atoms with Crippen molar-refractivity contribution >= 4 is 0 Å². The van der Waals surface area contributed by atoms with Crippen LogP contribution in [-0.4, -0.2) is 41.4 Å². The van der Waals surface area contributed by atoms with Crippen LogP contribution < -0.4 is 0 Å². The fourth-order valence-corrected chi connectivity index (χ4v) is 4.38. The number of hydrogen-bond donors (Lipinski definition) is 1. The molecule has 1 N–H and O–H groups in total. The molecule has 3 aliphatic rings. The van der Waals surface area contributed by atoms with E-state index < -0.39 is 0 Å². The van der Waals surface area contributed by atoms with E-state index in [-0.39, 0.29) is 23.6 Å². The molecule has 1 spiro atoms. The number of halogens is 1. The summed E-state index contributed by atoms with van der Waals surface area (Å²) in [5.41, 5.74) is 2.17. The Kier molecular flexibility index (Phi) is 3.28. The monoisotopic (exact) mass is 291 g/mol. The SMILES string of the molecule is OC1CCc2cc(F)ccc2[C@H]1N1CCC2(CCCO2)C1. The van der Waals surface area contributed by atoms with Gasteiger partial charge in [-0.05, 0) is 55.4 Å². The van der Waals surface area contributed by atoms with Crippen LogP contribution >= 0.6 is 0 Å². The predicted molar refractivity (Wildman–Crippen MR) is 77.6 cm³/mol. The van der Waals surface area contributed by atoms with Crippen molar-refractivity contribution in [2.45, 2.75) is 49.9 Å². The van der Waals surface area contributed by atoms with Crippen LogP contribution in [-0.2, 0) is 11.2 Å². The van der Waals surface area contributed by atoms with Gasteiger partial charge in [0.1, 0.15) is 5.82 Å². The standard InChI is InChI=1S/C17H22FNO2/c18-13-3-4-14-12(10-13)2-5-15(20)16(14)19-8-7-17(11-19)6-1-9-21-17/h3-4,10,15-16,20H,1-2,5-9,11H2/t15?,16-,17?/m1/s1. The van der Waals surface area contributed by atoms with E-state index in [4.69, 9.17) is 4.74 Å². The van der Waals surface area contributed by atoms with E-state index in [1.165, 1.54) is 6.07 Å². The van der Waals surface area contributed by atoms with E-state index in [9.17, 15) is 9.50 Å². The van der Waals surface area contributed by atoms with Gasteiger partial charge in [-0.1, -0.05) is 6.07 Å². The van der Waals surface area contributed by atoms with Crippen molar-refractivity contribution in [3.05, 3.63) is 35.1 Å². The third kappa shape index (κ3) is 2.30. The average Bonchev–Trinajstić information content (AvgIpc) is 3.10. The quantitative estimate of drug-likeness (QED) is 0.862. The van der Waals surface area contributed by atoms with Crippen molar-refractivity contribution in [3.63, 3.8) is 0 Å². The van der Waals surface area contributed by atoms with E-state index >= 15 is 0 Å². The zero-order valence-corrected chi connectivity index (χ0v) is 12.2. The maximum atomic E-state index is 13.4. The topological polar surface area (TPSA) is 32.7 Å². The Morgan fingerprint density at radius 3 is 3.05 bits per heavy atom. The largest absolute Gasteiger partial charge is 0.391 e. The Hall–Kier alpha value is -0.970. The van der Waals surface area contributed by atoms with Crippen molar-refractivity contribution < 1.29 is 14.2 Å². The lowest BCUT2D eigenvalue weighted by Crippen LogP contribution is -2.41. The first kappa shape index (κ1) is 13.7. The van der Waals surface area contributed by atoms with Crippen molar-refractivity contribution in [2.24, 2.45) is 0 Å². The summed E-state index contributed by atoms with van der Waals surface area (Å²) in [6.45, 7) is 2.72. The first-order valence-corrected chi connectivity index (χ1v) is 8.01. The minimum absolute atomic E-state index is 0.00192. The van der Waals surface area contributed by atoms with Crippen LogP contribution in [0.4, 0.5) is 4.39 Å². The number of likely N-dealkylation sites (tertiary alicyclic amines) is 1. The van der Waals surface area contributed by atoms with Gasteiger partial charge in [-0.2, -0.15) is 0 Å². The van der Waals surface area contributed by atoms with Crippen LogP contribution in [0, 0.1) is 5.82 Å². The number of aliphatic hydroxyl groups excluding tert-OH is 1. The minimum atomic E-state index is -0.362. The summed E-state index contributed by atoms with van der Waals surface area (Å²) in [7, 11) is 0. The highest BCUT2D eigenvalue weighted by atomic mass is 19.1. The first-order chi connectivity index (χ1) is 10.2. The van der Waals surface area contributed by atoms with Crippen molar-refractivity contribution in [1.29, 1.82) is 0 Å². The summed E-state index contributed by atoms with van der Waals surface area (Å²) in [4.78, 5) is 2.35. The Morgan fingerprint density at radius 2 is 2.24 bits per heavy atom. The lowest BCUT2D eigenvalue weighted by molar-refractivity contribution is -0.00603. The van der Waals surface area contributed by atoms with E-state index in [1.807, 2.05) is 6.07 Å². The molecule has 2 saturated heterocycles. The van der Waals surface area contributed by atoms with E-state index in [1.54, 1.807) is 6.07 Å². The molecule has 1 aliphatic carbocycles. The van der Waals surface area contributed by atoms with Crippen LogP contribution in [0.1, 0.15) is 42.9 Å². The Balaban J connectivity index is 1.63. The van der Waals surface area contributed by atoms with Gasteiger partial charge in [0.25, 0.3) is 0 Å². The van der Waals surface area contributed by atoms with Crippen molar-refractivity contribution in [1.82, 2.24) is 4.90 Å². The molecule has 3 atom stereocenters. The maximum Gasteiger partial charge on any atom is 0.123 e. The number of aryl methyl sites for hydroxylation is 1. The van der Waals surface area contributed by atoms with Crippen LogP contribution in [0.3, 0.4) is 0 Å². The normalized spacial score (nSPS) is 36.3. The molecule has 2 fully saturated rings. The van der Waals surface area contributed by atoms with Gasteiger partial charge in [0.15, 0.2) is 0 Å². The molecule has 4 heteroatoms. The van der Waals surface area contributed by atoms with E-state index in [0.29, 0.717) is 6.42 Å². The van der Waals surface area contributed by atoms with E-state index in [0.717, 1.165) is 56.5 Å². The summed E-state index contributed by atoms with van der Waals surface area (Å²) in [6.07, 6.45) is 4.43. The second kappa shape index (κ2) is 5.04. The van der Waals surface area contributed by atoms with Gasteiger partial charge in [-0.15, -0.1) is 0 Å².